The van der Waals surface area contributed by atoms with E-state index in [4.69, 9.17) is 23.9 Å². The molecule has 1 aliphatic heterocycles. The van der Waals surface area contributed by atoms with Crippen LogP contribution in [-0.4, -0.2) is 83.8 Å². The Labute approximate surface area is 226 Å². The molecular formula is C30H40N4O4. The summed E-state index contributed by atoms with van der Waals surface area (Å²) in [5, 5.41) is 0. The fraction of sp³-hybridized carbons (Fsp3) is 0.433. The van der Waals surface area contributed by atoms with Gasteiger partial charge in [0, 0.05) is 52.5 Å². The van der Waals surface area contributed by atoms with Crippen molar-refractivity contribution < 1.29 is 18.9 Å². The smallest absolute Gasteiger partial charge is 0.137 e. The first-order valence-corrected chi connectivity index (χ1v) is 13.2. The van der Waals surface area contributed by atoms with Crippen LogP contribution in [0, 0.1) is 0 Å². The van der Waals surface area contributed by atoms with E-state index in [1.165, 1.54) is 11.3 Å². The molecule has 8 nitrogen and oxygen atoms in total. The normalized spacial score (nSPS) is 13.8. The molecule has 8 heteroatoms. The number of hydrogen-bond donors (Lipinski definition) is 0. The number of anilines is 2. The lowest BCUT2D eigenvalue weighted by Crippen LogP contribution is -2.38. The molecule has 2 aromatic carbocycles. The standard InChI is InChI=1S/C30H40N4O4/c1-32(2)27-8-4-6-25(20-27)23-34(24-26-7-5-9-28(21-26)35-3)30-11-10-29(22-31-30)38-19-18-37-17-14-33-12-15-36-16-13-33/h4-11,20-22H,12-19,23-24H2,1-3H3. The highest BCUT2D eigenvalue weighted by Crippen LogP contribution is 2.23. The second kappa shape index (κ2) is 14.6. The molecule has 2 heterocycles. The molecule has 0 atom stereocenters. The van der Waals surface area contributed by atoms with Gasteiger partial charge in [0.25, 0.3) is 0 Å². The van der Waals surface area contributed by atoms with Gasteiger partial charge in [0.15, 0.2) is 0 Å². The number of morpholine rings is 1. The van der Waals surface area contributed by atoms with E-state index in [2.05, 4.69) is 65.2 Å². The monoisotopic (exact) mass is 520 g/mol. The van der Waals surface area contributed by atoms with Crippen molar-refractivity contribution in [2.45, 2.75) is 13.1 Å². The molecule has 0 bridgehead atoms. The van der Waals surface area contributed by atoms with Gasteiger partial charge in [-0.3, -0.25) is 4.90 Å². The third-order valence-corrected chi connectivity index (χ3v) is 6.50. The lowest BCUT2D eigenvalue weighted by molar-refractivity contribution is 0.0170. The molecule has 0 unspecified atom stereocenters. The average molecular weight is 521 g/mol. The molecule has 1 saturated heterocycles. The Morgan fingerprint density at radius 1 is 0.868 bits per heavy atom. The van der Waals surface area contributed by atoms with E-state index < -0.39 is 0 Å². The summed E-state index contributed by atoms with van der Waals surface area (Å²) in [7, 11) is 5.81. The Hall–Kier alpha value is -3.33. The fourth-order valence-corrected chi connectivity index (χ4v) is 4.35. The zero-order valence-corrected chi connectivity index (χ0v) is 22.8. The van der Waals surface area contributed by atoms with Gasteiger partial charge in [-0.1, -0.05) is 24.3 Å². The maximum absolute atomic E-state index is 5.88. The minimum absolute atomic E-state index is 0.495. The molecule has 0 amide bonds. The number of nitrogens with zero attached hydrogens (tertiary/aromatic N) is 4. The zero-order chi connectivity index (χ0) is 26.6. The molecule has 0 spiro atoms. The Morgan fingerprint density at radius 2 is 1.63 bits per heavy atom. The van der Waals surface area contributed by atoms with Crippen molar-refractivity contribution in [3.05, 3.63) is 78.0 Å². The molecule has 1 fully saturated rings. The summed E-state index contributed by atoms with van der Waals surface area (Å²) in [6.45, 7) is 7.69. The van der Waals surface area contributed by atoms with Crippen LogP contribution in [0.15, 0.2) is 66.9 Å². The third kappa shape index (κ3) is 8.62. The zero-order valence-electron chi connectivity index (χ0n) is 22.8. The molecule has 1 aliphatic rings. The van der Waals surface area contributed by atoms with E-state index in [-0.39, 0.29) is 0 Å². The highest BCUT2D eigenvalue weighted by Gasteiger charge is 2.13. The average Bonchev–Trinajstić information content (AvgIpc) is 2.95. The first-order valence-electron chi connectivity index (χ1n) is 13.2. The van der Waals surface area contributed by atoms with Crippen molar-refractivity contribution in [1.29, 1.82) is 0 Å². The number of hydrogen-bond acceptors (Lipinski definition) is 8. The van der Waals surface area contributed by atoms with E-state index in [0.717, 1.165) is 62.3 Å². The largest absolute Gasteiger partial charge is 0.497 e. The predicted octanol–water partition coefficient (Wildman–Crippen LogP) is 4.09. The number of rotatable bonds is 14. The number of benzene rings is 2. The SMILES string of the molecule is COc1cccc(CN(Cc2cccc(N(C)C)c2)c2ccc(OCCOCCN3CCOCC3)cn2)c1. The second-order valence-electron chi connectivity index (χ2n) is 9.54. The first kappa shape index (κ1) is 27.7. The van der Waals surface area contributed by atoms with Gasteiger partial charge in [0.05, 0.1) is 39.7 Å². The topological polar surface area (TPSA) is 59.5 Å². The van der Waals surface area contributed by atoms with Gasteiger partial charge in [0.1, 0.15) is 23.9 Å². The lowest BCUT2D eigenvalue weighted by Gasteiger charge is -2.26. The van der Waals surface area contributed by atoms with Gasteiger partial charge in [-0.15, -0.1) is 0 Å². The van der Waals surface area contributed by atoms with Crippen LogP contribution in [-0.2, 0) is 22.6 Å². The van der Waals surface area contributed by atoms with Crippen LogP contribution in [0.3, 0.4) is 0 Å². The van der Waals surface area contributed by atoms with Crippen molar-refractivity contribution in [3.63, 3.8) is 0 Å². The summed E-state index contributed by atoms with van der Waals surface area (Å²) in [5.74, 6) is 2.47. The second-order valence-corrected chi connectivity index (χ2v) is 9.54. The van der Waals surface area contributed by atoms with Crippen LogP contribution in [0.4, 0.5) is 11.5 Å². The summed E-state index contributed by atoms with van der Waals surface area (Å²) in [5.41, 5.74) is 3.55. The van der Waals surface area contributed by atoms with E-state index in [9.17, 15) is 0 Å². The molecule has 0 N–H and O–H groups in total. The van der Waals surface area contributed by atoms with E-state index in [0.29, 0.717) is 26.4 Å². The quantitative estimate of drug-likeness (QED) is 0.295. The summed E-state index contributed by atoms with van der Waals surface area (Å²) in [6.07, 6.45) is 1.79. The van der Waals surface area contributed by atoms with E-state index in [1.807, 2.05) is 24.3 Å². The predicted molar refractivity (Wildman–Crippen MR) is 151 cm³/mol. The molecular weight excluding hydrogens is 480 g/mol. The van der Waals surface area contributed by atoms with Crippen molar-refractivity contribution in [2.24, 2.45) is 0 Å². The number of ether oxygens (including phenoxy) is 4. The molecule has 0 saturated carbocycles. The molecule has 204 valence electrons. The highest BCUT2D eigenvalue weighted by atomic mass is 16.5. The summed E-state index contributed by atoms with van der Waals surface area (Å²) in [6, 6.07) is 20.8. The van der Waals surface area contributed by atoms with E-state index >= 15 is 0 Å². The molecule has 3 aromatic rings. The van der Waals surface area contributed by atoms with Crippen LogP contribution >= 0.6 is 0 Å². The summed E-state index contributed by atoms with van der Waals surface area (Å²) >= 11 is 0. The first-order chi connectivity index (χ1) is 18.6. The molecule has 38 heavy (non-hydrogen) atoms. The minimum atomic E-state index is 0.495. The maximum Gasteiger partial charge on any atom is 0.137 e. The molecule has 4 rings (SSSR count). The van der Waals surface area contributed by atoms with Gasteiger partial charge in [-0.2, -0.15) is 0 Å². The van der Waals surface area contributed by atoms with Gasteiger partial charge >= 0.3 is 0 Å². The van der Waals surface area contributed by atoms with Crippen molar-refractivity contribution in [2.75, 3.05) is 83.7 Å². The lowest BCUT2D eigenvalue weighted by atomic mass is 10.1. The van der Waals surface area contributed by atoms with Gasteiger partial charge in [-0.25, -0.2) is 4.98 Å². The van der Waals surface area contributed by atoms with E-state index in [1.54, 1.807) is 13.3 Å². The summed E-state index contributed by atoms with van der Waals surface area (Å²) < 4.78 is 22.4. The van der Waals surface area contributed by atoms with Crippen molar-refractivity contribution in [3.8, 4) is 11.5 Å². The maximum atomic E-state index is 5.88. The molecule has 0 radical (unpaired) electrons. The fourth-order valence-electron chi connectivity index (χ4n) is 4.35. The number of methoxy groups -OCH3 is 1. The van der Waals surface area contributed by atoms with Crippen LogP contribution in [0.25, 0.3) is 0 Å². The van der Waals surface area contributed by atoms with Crippen molar-refractivity contribution in [1.82, 2.24) is 9.88 Å². The Kier molecular flexibility index (Phi) is 10.6. The van der Waals surface area contributed by atoms with Gasteiger partial charge in [0.2, 0.25) is 0 Å². The van der Waals surface area contributed by atoms with Gasteiger partial charge in [-0.05, 0) is 47.5 Å². The Balaban J connectivity index is 1.35. The number of pyridine rings is 1. The Bertz CT molecular complexity index is 1100. The molecule has 0 aliphatic carbocycles. The number of aromatic nitrogens is 1. The molecule has 1 aromatic heterocycles. The van der Waals surface area contributed by atoms with Crippen LogP contribution < -0.4 is 19.3 Å². The summed E-state index contributed by atoms with van der Waals surface area (Å²) in [4.78, 5) is 11.5. The van der Waals surface area contributed by atoms with Crippen LogP contribution in [0.5, 0.6) is 11.5 Å². The van der Waals surface area contributed by atoms with Crippen LogP contribution in [0.2, 0.25) is 0 Å². The van der Waals surface area contributed by atoms with Gasteiger partial charge < -0.3 is 28.7 Å². The Morgan fingerprint density at radius 3 is 2.34 bits per heavy atom. The third-order valence-electron chi connectivity index (χ3n) is 6.50. The minimum Gasteiger partial charge on any atom is -0.497 e. The highest BCUT2D eigenvalue weighted by molar-refractivity contribution is 5.49. The van der Waals surface area contributed by atoms with Crippen LogP contribution in [0.1, 0.15) is 11.1 Å². The van der Waals surface area contributed by atoms with Crippen molar-refractivity contribution >= 4 is 11.5 Å².